The molecule has 5 heteroatoms. The van der Waals surface area contributed by atoms with Gasteiger partial charge in [0.1, 0.15) is 0 Å². The molecule has 1 unspecified atom stereocenters. The lowest BCUT2D eigenvalue weighted by Crippen LogP contribution is -2.30. The average molecular weight is 254 g/mol. The fraction of sp³-hybridized carbons (Fsp3) is 0.769. The summed E-state index contributed by atoms with van der Waals surface area (Å²) in [6.45, 7) is 7.78. The second-order valence-electron chi connectivity index (χ2n) is 5.05. The van der Waals surface area contributed by atoms with E-state index in [0.29, 0.717) is 19.4 Å². The molecule has 0 bridgehead atoms. The Morgan fingerprint density at radius 1 is 1.50 bits per heavy atom. The summed E-state index contributed by atoms with van der Waals surface area (Å²) in [6.07, 6.45) is 1.76. The highest BCUT2D eigenvalue weighted by molar-refractivity contribution is 5.88. The molecule has 0 aromatic rings. The second-order valence-corrected chi connectivity index (χ2v) is 5.05. The standard InChI is InChI=1S/C13H22N2O3/c1-9(2)13(17)18-7-5-6-12(16)15-11(4)8-10(3)14-15/h9,11H,5-8H2,1-4H3. The number of rotatable bonds is 5. The highest BCUT2D eigenvalue weighted by atomic mass is 16.5. The van der Waals surface area contributed by atoms with Crippen molar-refractivity contribution >= 4 is 17.6 Å². The van der Waals surface area contributed by atoms with E-state index in [9.17, 15) is 9.59 Å². The van der Waals surface area contributed by atoms with Gasteiger partial charge in [0.05, 0.1) is 18.6 Å². The minimum atomic E-state index is -0.217. The van der Waals surface area contributed by atoms with E-state index in [1.807, 2.05) is 13.8 Å². The number of carbonyl (C=O) groups is 2. The number of nitrogens with zero attached hydrogens (tertiary/aromatic N) is 2. The number of amides is 1. The monoisotopic (exact) mass is 254 g/mol. The molecule has 0 N–H and O–H groups in total. The number of carbonyl (C=O) groups excluding carboxylic acids is 2. The Hall–Kier alpha value is -1.39. The van der Waals surface area contributed by atoms with Crippen LogP contribution in [0.1, 0.15) is 47.0 Å². The van der Waals surface area contributed by atoms with Crippen LogP contribution in [0, 0.1) is 5.92 Å². The second kappa shape index (κ2) is 6.52. The van der Waals surface area contributed by atoms with Crippen LogP contribution >= 0.6 is 0 Å². The number of hydrogen-bond acceptors (Lipinski definition) is 4. The van der Waals surface area contributed by atoms with Crippen molar-refractivity contribution in [1.29, 1.82) is 0 Å². The molecule has 0 aliphatic carbocycles. The highest BCUT2D eigenvalue weighted by Gasteiger charge is 2.25. The predicted molar refractivity (Wildman–Crippen MR) is 69.1 cm³/mol. The smallest absolute Gasteiger partial charge is 0.308 e. The molecular formula is C13H22N2O3. The van der Waals surface area contributed by atoms with Gasteiger partial charge in [-0.05, 0) is 20.3 Å². The molecule has 0 saturated carbocycles. The summed E-state index contributed by atoms with van der Waals surface area (Å²) >= 11 is 0. The predicted octanol–water partition coefficient (Wildman–Crippen LogP) is 1.96. The zero-order chi connectivity index (χ0) is 13.7. The fourth-order valence-electron chi connectivity index (χ4n) is 1.82. The zero-order valence-electron chi connectivity index (χ0n) is 11.6. The maximum absolute atomic E-state index is 11.9. The third-order valence-corrected chi connectivity index (χ3v) is 2.79. The average Bonchev–Trinajstić information content (AvgIpc) is 2.63. The Morgan fingerprint density at radius 3 is 2.67 bits per heavy atom. The minimum Gasteiger partial charge on any atom is -0.465 e. The Balaban J connectivity index is 2.24. The number of hydrogen-bond donors (Lipinski definition) is 0. The molecule has 0 radical (unpaired) electrons. The van der Waals surface area contributed by atoms with Crippen LogP contribution in [0.4, 0.5) is 0 Å². The Bertz CT molecular complexity index is 350. The Kier molecular flexibility index (Phi) is 5.31. The van der Waals surface area contributed by atoms with Crippen molar-refractivity contribution in [3.8, 4) is 0 Å². The molecule has 0 spiro atoms. The molecule has 18 heavy (non-hydrogen) atoms. The SMILES string of the molecule is CC1=NN(C(=O)CCCOC(=O)C(C)C)C(C)C1. The van der Waals surface area contributed by atoms with E-state index in [1.165, 1.54) is 0 Å². The van der Waals surface area contributed by atoms with Crippen LogP contribution in [-0.2, 0) is 14.3 Å². The topological polar surface area (TPSA) is 59.0 Å². The molecule has 0 saturated heterocycles. The van der Waals surface area contributed by atoms with Gasteiger partial charge < -0.3 is 4.74 Å². The van der Waals surface area contributed by atoms with Crippen molar-refractivity contribution < 1.29 is 14.3 Å². The van der Waals surface area contributed by atoms with E-state index < -0.39 is 0 Å². The third-order valence-electron chi connectivity index (χ3n) is 2.79. The Labute approximate surface area is 108 Å². The molecule has 1 amide bonds. The van der Waals surface area contributed by atoms with Crippen LogP contribution < -0.4 is 0 Å². The van der Waals surface area contributed by atoms with Crippen LogP contribution in [-0.4, -0.2) is 35.2 Å². The van der Waals surface area contributed by atoms with E-state index in [-0.39, 0.29) is 23.8 Å². The molecule has 0 aromatic heterocycles. The molecule has 1 heterocycles. The molecule has 102 valence electrons. The van der Waals surface area contributed by atoms with Gasteiger partial charge in [-0.2, -0.15) is 5.10 Å². The lowest BCUT2D eigenvalue weighted by molar-refractivity contribution is -0.148. The maximum atomic E-state index is 11.9. The van der Waals surface area contributed by atoms with Gasteiger partial charge in [0.2, 0.25) is 5.91 Å². The highest BCUT2D eigenvalue weighted by Crippen LogP contribution is 2.16. The van der Waals surface area contributed by atoms with Crippen molar-refractivity contribution in [1.82, 2.24) is 5.01 Å². The van der Waals surface area contributed by atoms with Crippen molar-refractivity contribution in [3.63, 3.8) is 0 Å². The first-order valence-electron chi connectivity index (χ1n) is 6.44. The summed E-state index contributed by atoms with van der Waals surface area (Å²) < 4.78 is 5.02. The van der Waals surface area contributed by atoms with Gasteiger partial charge in [0, 0.05) is 18.6 Å². The van der Waals surface area contributed by atoms with Gasteiger partial charge >= 0.3 is 5.97 Å². The summed E-state index contributed by atoms with van der Waals surface area (Å²) in [5.74, 6) is -0.336. The first-order chi connectivity index (χ1) is 8.41. The normalized spacial score (nSPS) is 19.1. The van der Waals surface area contributed by atoms with Gasteiger partial charge in [-0.25, -0.2) is 5.01 Å². The van der Waals surface area contributed by atoms with Gasteiger partial charge in [-0.15, -0.1) is 0 Å². The van der Waals surface area contributed by atoms with Crippen molar-refractivity contribution in [2.24, 2.45) is 11.0 Å². The van der Waals surface area contributed by atoms with Crippen molar-refractivity contribution in [2.45, 2.75) is 53.0 Å². The largest absolute Gasteiger partial charge is 0.465 e. The summed E-state index contributed by atoms with van der Waals surface area (Å²) in [4.78, 5) is 23.1. The first kappa shape index (κ1) is 14.7. The third kappa shape index (κ3) is 4.13. The van der Waals surface area contributed by atoms with Crippen LogP contribution in [0.5, 0.6) is 0 Å². The minimum absolute atomic E-state index is 0.0000501. The molecule has 1 rings (SSSR count). The van der Waals surface area contributed by atoms with Gasteiger partial charge in [-0.1, -0.05) is 13.8 Å². The molecular weight excluding hydrogens is 232 g/mol. The van der Waals surface area contributed by atoms with Crippen LogP contribution in [0.2, 0.25) is 0 Å². The van der Waals surface area contributed by atoms with E-state index >= 15 is 0 Å². The molecule has 1 aliphatic rings. The zero-order valence-corrected chi connectivity index (χ0v) is 11.6. The quantitative estimate of drug-likeness (QED) is 0.556. The van der Waals surface area contributed by atoms with Crippen LogP contribution in [0.15, 0.2) is 5.10 Å². The molecule has 1 atom stereocenters. The number of esters is 1. The maximum Gasteiger partial charge on any atom is 0.308 e. The van der Waals surface area contributed by atoms with Gasteiger partial charge in [0.15, 0.2) is 0 Å². The van der Waals surface area contributed by atoms with E-state index in [1.54, 1.807) is 18.9 Å². The van der Waals surface area contributed by atoms with Gasteiger partial charge in [0.25, 0.3) is 0 Å². The van der Waals surface area contributed by atoms with Crippen molar-refractivity contribution in [3.05, 3.63) is 0 Å². The molecule has 0 aromatic carbocycles. The number of hydrazone groups is 1. The number of ether oxygens (including phenoxy) is 1. The molecule has 1 aliphatic heterocycles. The lowest BCUT2D eigenvalue weighted by Gasteiger charge is -2.17. The molecule has 0 fully saturated rings. The first-order valence-corrected chi connectivity index (χ1v) is 6.44. The van der Waals surface area contributed by atoms with Gasteiger partial charge in [-0.3, -0.25) is 9.59 Å². The fourth-order valence-corrected chi connectivity index (χ4v) is 1.82. The lowest BCUT2D eigenvalue weighted by atomic mass is 10.2. The summed E-state index contributed by atoms with van der Waals surface area (Å²) in [7, 11) is 0. The summed E-state index contributed by atoms with van der Waals surface area (Å²) in [5.41, 5.74) is 0.988. The van der Waals surface area contributed by atoms with E-state index in [0.717, 1.165) is 12.1 Å². The summed E-state index contributed by atoms with van der Waals surface area (Å²) in [6, 6.07) is 0.149. The van der Waals surface area contributed by atoms with Crippen molar-refractivity contribution in [2.75, 3.05) is 6.61 Å². The molecule has 5 nitrogen and oxygen atoms in total. The van der Waals surface area contributed by atoms with Crippen LogP contribution in [0.3, 0.4) is 0 Å². The summed E-state index contributed by atoms with van der Waals surface area (Å²) in [5, 5.41) is 5.75. The Morgan fingerprint density at radius 2 is 2.17 bits per heavy atom. The van der Waals surface area contributed by atoms with E-state index in [2.05, 4.69) is 5.10 Å². The van der Waals surface area contributed by atoms with E-state index in [4.69, 9.17) is 4.74 Å². The van der Waals surface area contributed by atoms with Crippen LogP contribution in [0.25, 0.3) is 0 Å².